The van der Waals surface area contributed by atoms with Crippen molar-refractivity contribution in [1.82, 2.24) is 0 Å². The number of esters is 1. The zero-order valence-corrected chi connectivity index (χ0v) is 17.0. The number of benzene rings is 2. The fraction of sp³-hybridized carbons (Fsp3) is 0.261. The van der Waals surface area contributed by atoms with Gasteiger partial charge in [-0.2, -0.15) is 0 Å². The van der Waals surface area contributed by atoms with Crippen molar-refractivity contribution in [3.05, 3.63) is 65.7 Å². The van der Waals surface area contributed by atoms with E-state index in [1.165, 1.54) is 13.0 Å². The topological polar surface area (TPSA) is 81.7 Å². The molecule has 0 aliphatic carbocycles. The first-order chi connectivity index (χ1) is 13.8. The van der Waals surface area contributed by atoms with Crippen molar-refractivity contribution in [3.63, 3.8) is 0 Å². The van der Waals surface area contributed by atoms with Crippen molar-refractivity contribution in [2.24, 2.45) is 5.92 Å². The van der Waals surface area contributed by atoms with Crippen molar-refractivity contribution in [2.45, 2.75) is 26.9 Å². The number of rotatable bonds is 8. The van der Waals surface area contributed by atoms with E-state index in [9.17, 15) is 14.4 Å². The van der Waals surface area contributed by atoms with E-state index in [-0.39, 0.29) is 17.6 Å². The lowest BCUT2D eigenvalue weighted by Crippen LogP contribution is -2.23. The van der Waals surface area contributed by atoms with Crippen LogP contribution in [0.2, 0.25) is 0 Å². The Labute approximate surface area is 170 Å². The monoisotopic (exact) mass is 395 g/mol. The molecule has 2 aromatic carbocycles. The number of methoxy groups -OCH3 is 1. The molecule has 1 atom stereocenters. The number of hydrogen-bond donors (Lipinski definition) is 1. The Morgan fingerprint density at radius 1 is 1.00 bits per heavy atom. The number of carbonyl (C=O) groups is 3. The van der Waals surface area contributed by atoms with Gasteiger partial charge in [0.25, 0.3) is 0 Å². The molecule has 0 aromatic heterocycles. The number of ether oxygens (including phenoxy) is 2. The van der Waals surface area contributed by atoms with Crippen LogP contribution in [-0.2, 0) is 14.3 Å². The van der Waals surface area contributed by atoms with Gasteiger partial charge in [-0.1, -0.05) is 26.0 Å². The maximum Gasteiger partial charge on any atom is 0.331 e. The highest BCUT2D eigenvalue weighted by molar-refractivity contribution is 6.01. The summed E-state index contributed by atoms with van der Waals surface area (Å²) < 4.78 is 10.3. The van der Waals surface area contributed by atoms with E-state index in [1.54, 1.807) is 63.4 Å². The molecule has 1 unspecified atom stereocenters. The van der Waals surface area contributed by atoms with Gasteiger partial charge in [0.15, 0.2) is 6.10 Å². The fourth-order valence-corrected chi connectivity index (χ4v) is 2.42. The molecule has 1 N–H and O–H groups in total. The van der Waals surface area contributed by atoms with Crippen LogP contribution in [0.3, 0.4) is 0 Å². The molecule has 0 radical (unpaired) electrons. The number of ketones is 1. The third kappa shape index (κ3) is 6.60. The number of anilines is 1. The minimum absolute atomic E-state index is 0.103. The van der Waals surface area contributed by atoms with Crippen LogP contribution in [0.1, 0.15) is 36.7 Å². The minimum atomic E-state index is -0.937. The van der Waals surface area contributed by atoms with Crippen LogP contribution in [0.25, 0.3) is 6.08 Å². The highest BCUT2D eigenvalue weighted by Crippen LogP contribution is 2.15. The highest BCUT2D eigenvalue weighted by Gasteiger charge is 2.18. The summed E-state index contributed by atoms with van der Waals surface area (Å²) in [5.41, 5.74) is 1.77. The zero-order valence-electron chi connectivity index (χ0n) is 17.0. The van der Waals surface area contributed by atoms with Gasteiger partial charge in [-0.3, -0.25) is 9.59 Å². The molecule has 0 saturated carbocycles. The first-order valence-electron chi connectivity index (χ1n) is 9.28. The van der Waals surface area contributed by atoms with Gasteiger partial charge in [-0.05, 0) is 55.0 Å². The number of hydrogen-bond acceptors (Lipinski definition) is 5. The molecule has 0 aliphatic heterocycles. The average molecular weight is 395 g/mol. The summed E-state index contributed by atoms with van der Waals surface area (Å²) in [4.78, 5) is 36.2. The minimum Gasteiger partial charge on any atom is -0.497 e. The van der Waals surface area contributed by atoms with Crippen LogP contribution in [0.4, 0.5) is 5.69 Å². The first-order valence-corrected chi connectivity index (χ1v) is 9.28. The zero-order chi connectivity index (χ0) is 21.4. The molecule has 6 heteroatoms. The molecule has 2 aromatic rings. The third-order valence-electron chi connectivity index (χ3n) is 4.13. The van der Waals surface area contributed by atoms with Crippen LogP contribution in [0.5, 0.6) is 5.75 Å². The Morgan fingerprint density at radius 2 is 1.69 bits per heavy atom. The number of Topliss-reactive ketones (excluding diaryl/α,β-unsaturated/α-hetero) is 1. The molecular weight excluding hydrogens is 370 g/mol. The van der Waals surface area contributed by atoms with E-state index < -0.39 is 12.1 Å². The van der Waals surface area contributed by atoms with Gasteiger partial charge in [-0.15, -0.1) is 0 Å². The Hall–Kier alpha value is -3.41. The number of nitrogens with one attached hydrogen (secondary N) is 1. The Bertz CT molecular complexity index is 900. The van der Waals surface area contributed by atoms with Crippen molar-refractivity contribution in [2.75, 3.05) is 12.4 Å². The van der Waals surface area contributed by atoms with Crippen molar-refractivity contribution in [3.8, 4) is 5.75 Å². The van der Waals surface area contributed by atoms with E-state index >= 15 is 0 Å². The van der Waals surface area contributed by atoms with Crippen LogP contribution in [0.15, 0.2) is 54.6 Å². The summed E-state index contributed by atoms with van der Waals surface area (Å²) >= 11 is 0. The van der Waals surface area contributed by atoms with Crippen molar-refractivity contribution < 1.29 is 23.9 Å². The Balaban J connectivity index is 1.94. The Kier molecular flexibility index (Phi) is 7.71. The van der Waals surface area contributed by atoms with Gasteiger partial charge in [0.1, 0.15) is 5.75 Å². The van der Waals surface area contributed by atoms with E-state index in [4.69, 9.17) is 9.47 Å². The van der Waals surface area contributed by atoms with E-state index in [0.29, 0.717) is 17.0 Å². The third-order valence-corrected chi connectivity index (χ3v) is 4.13. The number of carbonyl (C=O) groups excluding carboxylic acids is 3. The van der Waals surface area contributed by atoms with Gasteiger partial charge < -0.3 is 14.8 Å². The van der Waals surface area contributed by atoms with E-state index in [0.717, 1.165) is 5.56 Å². The molecule has 0 bridgehead atoms. The summed E-state index contributed by atoms with van der Waals surface area (Å²) in [6.07, 6.45) is 1.92. The van der Waals surface area contributed by atoms with Gasteiger partial charge >= 0.3 is 5.97 Å². The average Bonchev–Trinajstić information content (AvgIpc) is 2.72. The largest absolute Gasteiger partial charge is 0.497 e. The van der Waals surface area contributed by atoms with Gasteiger partial charge in [0.2, 0.25) is 11.7 Å². The van der Waals surface area contributed by atoms with Gasteiger partial charge in [0, 0.05) is 23.2 Å². The molecule has 0 fully saturated rings. The molecule has 152 valence electrons. The molecule has 29 heavy (non-hydrogen) atoms. The summed E-state index contributed by atoms with van der Waals surface area (Å²) in [7, 11) is 1.56. The second-order valence-corrected chi connectivity index (χ2v) is 6.77. The van der Waals surface area contributed by atoms with E-state index in [1.807, 2.05) is 12.1 Å². The maximum absolute atomic E-state index is 12.5. The molecule has 0 aliphatic rings. The summed E-state index contributed by atoms with van der Waals surface area (Å²) in [6, 6.07) is 13.7. The van der Waals surface area contributed by atoms with Gasteiger partial charge in [0.05, 0.1) is 7.11 Å². The predicted molar refractivity (Wildman–Crippen MR) is 112 cm³/mol. The van der Waals surface area contributed by atoms with Crippen LogP contribution in [0, 0.1) is 5.92 Å². The molecule has 1 amide bonds. The lowest BCUT2D eigenvalue weighted by molar-refractivity contribution is -0.140. The van der Waals surface area contributed by atoms with E-state index in [2.05, 4.69) is 5.32 Å². The standard InChI is InChI=1S/C23H25NO5/c1-15(2)23(27)24-19-11-9-18(10-12-19)22(26)16(3)29-21(25)13-8-17-6-5-7-20(14-17)28-4/h5-16H,1-4H3,(H,24,27)/b13-8+. The molecule has 0 saturated heterocycles. The van der Waals surface area contributed by atoms with Crippen molar-refractivity contribution in [1.29, 1.82) is 0 Å². The van der Waals surface area contributed by atoms with Crippen molar-refractivity contribution >= 4 is 29.4 Å². The highest BCUT2D eigenvalue weighted by atomic mass is 16.5. The SMILES string of the molecule is COc1cccc(/C=C/C(=O)OC(C)C(=O)c2ccc(NC(=O)C(C)C)cc2)c1. The second-order valence-electron chi connectivity index (χ2n) is 6.77. The fourth-order valence-electron chi connectivity index (χ4n) is 2.42. The van der Waals surface area contributed by atoms with Crippen LogP contribution >= 0.6 is 0 Å². The predicted octanol–water partition coefficient (Wildman–Crippen LogP) is 4.12. The quantitative estimate of drug-likeness (QED) is 0.413. The van der Waals surface area contributed by atoms with Gasteiger partial charge in [-0.25, -0.2) is 4.79 Å². The molecule has 0 heterocycles. The molecule has 6 nitrogen and oxygen atoms in total. The molecular formula is C23H25NO5. The van der Waals surface area contributed by atoms with Crippen LogP contribution < -0.4 is 10.1 Å². The molecule has 2 rings (SSSR count). The Morgan fingerprint density at radius 3 is 2.31 bits per heavy atom. The summed E-state index contributed by atoms with van der Waals surface area (Å²) in [6.45, 7) is 5.12. The smallest absolute Gasteiger partial charge is 0.331 e. The lowest BCUT2D eigenvalue weighted by atomic mass is 10.1. The first kappa shape index (κ1) is 21.9. The summed E-state index contributed by atoms with van der Waals surface area (Å²) in [5.74, 6) is -0.503. The lowest BCUT2D eigenvalue weighted by Gasteiger charge is -2.12. The normalized spacial score (nSPS) is 11.9. The molecule has 0 spiro atoms. The second kappa shape index (κ2) is 10.2. The number of amides is 1. The summed E-state index contributed by atoms with van der Waals surface area (Å²) in [5, 5.41) is 2.76. The van der Waals surface area contributed by atoms with Crippen LogP contribution in [-0.4, -0.2) is 30.9 Å². The maximum atomic E-state index is 12.5.